The molecule has 3 aromatic carbocycles. The fourth-order valence-electron chi connectivity index (χ4n) is 3.73. The highest BCUT2D eigenvalue weighted by Gasteiger charge is 2.31. The first-order chi connectivity index (χ1) is 17.3. The Kier molecular flexibility index (Phi) is 9.82. The van der Waals surface area contributed by atoms with Crippen molar-refractivity contribution in [2.45, 2.75) is 44.9 Å². The molecule has 38 heavy (non-hydrogen) atoms. The molecule has 0 bridgehead atoms. The lowest BCUT2D eigenvalue weighted by molar-refractivity contribution is -0.137. The maximum absolute atomic E-state index is 13.1. The molecule has 0 aliphatic carbocycles. The Morgan fingerprint density at radius 1 is 0.921 bits per heavy atom. The maximum atomic E-state index is 13.1. The Labute approximate surface area is 220 Å². The van der Waals surface area contributed by atoms with Crippen molar-refractivity contribution < 1.29 is 31.2 Å². The molecule has 11 heteroatoms. The molecule has 0 heterocycles. The highest BCUT2D eigenvalue weighted by atomic mass is 32.2. The number of halogens is 3. The van der Waals surface area contributed by atoms with Gasteiger partial charge in [-0.15, -0.1) is 0 Å². The van der Waals surface area contributed by atoms with Crippen molar-refractivity contribution in [2.75, 3.05) is 0 Å². The normalized spacial score (nSPS) is 12.5. The second-order valence-electron chi connectivity index (χ2n) is 8.65. The first-order valence-electron chi connectivity index (χ1n) is 11.3. The molecule has 0 aliphatic rings. The molecule has 3 aromatic rings. The molecule has 3 rings (SSSR count). The van der Waals surface area contributed by atoms with Crippen molar-refractivity contribution in [3.05, 3.63) is 89.5 Å². The molecule has 0 aromatic heterocycles. The zero-order valence-corrected chi connectivity index (χ0v) is 20.9. The van der Waals surface area contributed by atoms with E-state index in [0.717, 1.165) is 18.2 Å². The van der Waals surface area contributed by atoms with Crippen LogP contribution in [0.3, 0.4) is 0 Å². The fraction of sp³-hybridized carbons (Fsp3) is 0.259. The number of rotatable bonds is 9. The van der Waals surface area contributed by atoms with Gasteiger partial charge in [-0.2, -0.15) is 13.2 Å². The molecule has 0 spiro atoms. The SMILES string of the molecule is C.CC(C)[C@H](NC(=O)c1ccccc1-c1ccccc1CNS(=O)(=O)c1cccc(C(F)(F)F)c1)C(N)=O. The Balaban J connectivity index is 0.00000507. The van der Waals surface area contributed by atoms with Crippen LogP contribution in [0.15, 0.2) is 77.7 Å². The molecule has 0 unspecified atom stereocenters. The maximum Gasteiger partial charge on any atom is 0.416 e. The lowest BCUT2D eigenvalue weighted by atomic mass is 9.94. The van der Waals surface area contributed by atoms with E-state index >= 15 is 0 Å². The van der Waals surface area contributed by atoms with Crippen LogP contribution in [-0.2, 0) is 27.5 Å². The van der Waals surface area contributed by atoms with Gasteiger partial charge in [-0.05, 0) is 46.9 Å². The van der Waals surface area contributed by atoms with Crippen LogP contribution in [0.25, 0.3) is 11.1 Å². The number of carbonyl (C=O) groups is 2. The Morgan fingerprint density at radius 3 is 2.13 bits per heavy atom. The number of primary amides is 1. The van der Waals surface area contributed by atoms with Crippen LogP contribution in [0.2, 0.25) is 0 Å². The Morgan fingerprint density at radius 2 is 1.53 bits per heavy atom. The van der Waals surface area contributed by atoms with Crippen molar-refractivity contribution in [1.82, 2.24) is 10.0 Å². The topological polar surface area (TPSA) is 118 Å². The van der Waals surface area contributed by atoms with Crippen LogP contribution in [0.4, 0.5) is 13.2 Å². The third-order valence-corrected chi connectivity index (χ3v) is 7.06. The number of sulfonamides is 1. The summed E-state index contributed by atoms with van der Waals surface area (Å²) in [6.07, 6.45) is -4.69. The van der Waals surface area contributed by atoms with Gasteiger partial charge in [0, 0.05) is 12.1 Å². The summed E-state index contributed by atoms with van der Waals surface area (Å²) in [5.41, 5.74) is 6.06. The lowest BCUT2D eigenvalue weighted by Gasteiger charge is -2.20. The van der Waals surface area contributed by atoms with Gasteiger partial charge in [0.1, 0.15) is 6.04 Å². The first-order valence-corrected chi connectivity index (χ1v) is 12.7. The minimum atomic E-state index is -4.69. The van der Waals surface area contributed by atoms with Gasteiger partial charge in [-0.25, -0.2) is 13.1 Å². The summed E-state index contributed by atoms with van der Waals surface area (Å²) in [4.78, 5) is 24.3. The number of carbonyl (C=O) groups excluding carboxylic acids is 2. The standard InChI is InChI=1S/C26H26F3N3O4S.CH4/c1-16(2)23(24(30)33)32-25(34)22-13-6-5-12-21(22)20-11-4-3-8-17(20)15-31-37(35,36)19-10-7-9-18(14-19)26(27,28)29;/h3-14,16,23,31H,15H2,1-2H3,(H2,30,33)(H,32,34);1H4/t23-;/m0./s1. The average Bonchev–Trinajstić information content (AvgIpc) is 2.85. The van der Waals surface area contributed by atoms with E-state index in [1.54, 1.807) is 62.4 Å². The van der Waals surface area contributed by atoms with Crippen LogP contribution in [0.1, 0.15) is 42.8 Å². The van der Waals surface area contributed by atoms with E-state index in [2.05, 4.69) is 10.0 Å². The van der Waals surface area contributed by atoms with Crippen LogP contribution in [-0.4, -0.2) is 26.3 Å². The number of alkyl halides is 3. The Hall–Kier alpha value is -3.70. The summed E-state index contributed by atoms with van der Waals surface area (Å²) >= 11 is 0. The summed E-state index contributed by atoms with van der Waals surface area (Å²) in [7, 11) is -4.28. The smallest absolute Gasteiger partial charge is 0.368 e. The largest absolute Gasteiger partial charge is 0.416 e. The minimum Gasteiger partial charge on any atom is -0.368 e. The molecule has 204 valence electrons. The van der Waals surface area contributed by atoms with Gasteiger partial charge in [-0.1, -0.05) is 69.8 Å². The van der Waals surface area contributed by atoms with E-state index in [4.69, 9.17) is 5.73 Å². The molecule has 1 atom stereocenters. The molecule has 7 nitrogen and oxygen atoms in total. The molecule has 0 saturated carbocycles. The number of amides is 2. The molecule has 0 saturated heterocycles. The average molecular weight is 550 g/mol. The van der Waals surface area contributed by atoms with Crippen molar-refractivity contribution in [3.63, 3.8) is 0 Å². The zero-order valence-electron chi connectivity index (χ0n) is 20.0. The van der Waals surface area contributed by atoms with Crippen molar-refractivity contribution in [3.8, 4) is 11.1 Å². The first kappa shape index (κ1) is 30.5. The highest BCUT2D eigenvalue weighted by Crippen LogP contribution is 2.31. The minimum absolute atomic E-state index is 0. The molecule has 0 aliphatic heterocycles. The predicted molar refractivity (Wildman–Crippen MR) is 139 cm³/mol. The molecule has 4 N–H and O–H groups in total. The molecule has 0 fully saturated rings. The van der Waals surface area contributed by atoms with Crippen LogP contribution in [0.5, 0.6) is 0 Å². The van der Waals surface area contributed by atoms with Crippen LogP contribution < -0.4 is 15.8 Å². The molecule has 0 radical (unpaired) electrons. The number of hydrogen-bond donors (Lipinski definition) is 3. The quantitative estimate of drug-likeness (QED) is 0.358. The van der Waals surface area contributed by atoms with Gasteiger partial charge in [0.05, 0.1) is 10.5 Å². The summed E-state index contributed by atoms with van der Waals surface area (Å²) < 4.78 is 67.0. The third-order valence-electron chi connectivity index (χ3n) is 5.66. The third kappa shape index (κ3) is 7.20. The highest BCUT2D eigenvalue weighted by molar-refractivity contribution is 7.89. The summed E-state index contributed by atoms with van der Waals surface area (Å²) in [6, 6.07) is 15.8. The number of nitrogens with two attached hydrogens (primary N) is 1. The fourth-order valence-corrected chi connectivity index (χ4v) is 4.79. The van der Waals surface area contributed by atoms with Crippen molar-refractivity contribution >= 4 is 21.8 Å². The second-order valence-corrected chi connectivity index (χ2v) is 10.4. The van der Waals surface area contributed by atoms with Gasteiger partial charge in [0.15, 0.2) is 0 Å². The molecular formula is C27H30F3N3O4S. The predicted octanol–water partition coefficient (Wildman–Crippen LogP) is 4.73. The van der Waals surface area contributed by atoms with Gasteiger partial charge in [-0.3, -0.25) is 9.59 Å². The molecular weight excluding hydrogens is 519 g/mol. The number of hydrogen-bond acceptors (Lipinski definition) is 4. The van der Waals surface area contributed by atoms with E-state index in [1.165, 1.54) is 0 Å². The number of benzene rings is 3. The van der Waals surface area contributed by atoms with E-state index in [1.807, 2.05) is 0 Å². The summed E-state index contributed by atoms with van der Waals surface area (Å²) in [5, 5.41) is 2.64. The molecule has 2 amide bonds. The van der Waals surface area contributed by atoms with Crippen LogP contribution in [0, 0.1) is 5.92 Å². The second kappa shape index (κ2) is 12.2. The number of nitrogens with one attached hydrogen (secondary N) is 2. The van der Waals surface area contributed by atoms with Crippen molar-refractivity contribution in [2.24, 2.45) is 11.7 Å². The lowest BCUT2D eigenvalue weighted by Crippen LogP contribution is -2.47. The van der Waals surface area contributed by atoms with Crippen molar-refractivity contribution in [1.29, 1.82) is 0 Å². The monoisotopic (exact) mass is 549 g/mol. The van der Waals surface area contributed by atoms with E-state index in [-0.39, 0.29) is 25.5 Å². The zero-order chi connectivity index (χ0) is 27.4. The summed E-state index contributed by atoms with van der Waals surface area (Å²) in [6.45, 7) is 3.24. The van der Waals surface area contributed by atoms with E-state index < -0.39 is 44.5 Å². The van der Waals surface area contributed by atoms with Gasteiger partial charge >= 0.3 is 6.18 Å². The van der Waals surface area contributed by atoms with Crippen LogP contribution >= 0.6 is 0 Å². The van der Waals surface area contributed by atoms with Gasteiger partial charge in [0.2, 0.25) is 15.9 Å². The van der Waals surface area contributed by atoms with E-state index in [9.17, 15) is 31.2 Å². The van der Waals surface area contributed by atoms with E-state index in [0.29, 0.717) is 22.8 Å². The Bertz CT molecular complexity index is 1410. The summed E-state index contributed by atoms with van der Waals surface area (Å²) in [5.74, 6) is -1.45. The van der Waals surface area contributed by atoms with Gasteiger partial charge < -0.3 is 11.1 Å². The van der Waals surface area contributed by atoms with Gasteiger partial charge in [0.25, 0.3) is 5.91 Å².